The first-order chi connectivity index (χ1) is 26.3. The average molecular weight is 770 g/mol. The van der Waals surface area contributed by atoms with E-state index in [-0.39, 0.29) is 66.1 Å². The number of carbonyl (C=O) groups is 6. The van der Waals surface area contributed by atoms with E-state index in [1.807, 2.05) is 20.9 Å². The zero-order chi connectivity index (χ0) is 39.6. The van der Waals surface area contributed by atoms with Crippen LogP contribution in [0.15, 0.2) is 24.3 Å². The number of benzene rings is 1. The van der Waals surface area contributed by atoms with Crippen LogP contribution in [0.25, 0.3) is 0 Å². The normalized spacial score (nSPS) is 28.7. The van der Waals surface area contributed by atoms with Crippen molar-refractivity contribution < 1.29 is 33.9 Å². The Kier molecular flexibility index (Phi) is 14.8. The van der Waals surface area contributed by atoms with E-state index in [0.29, 0.717) is 58.8 Å². The average Bonchev–Trinajstić information content (AvgIpc) is 3.98. The number of aromatic hydroxyl groups is 1. The van der Waals surface area contributed by atoms with Crippen LogP contribution in [-0.4, -0.2) is 137 Å². The lowest BCUT2D eigenvalue weighted by Gasteiger charge is -2.28. The summed E-state index contributed by atoms with van der Waals surface area (Å²) in [6.07, 6.45) is 0.320. The van der Waals surface area contributed by atoms with E-state index in [0.717, 1.165) is 5.56 Å². The van der Waals surface area contributed by atoms with E-state index >= 15 is 0 Å². The van der Waals surface area contributed by atoms with Crippen LogP contribution in [0.4, 0.5) is 0 Å². The maximum absolute atomic E-state index is 13.8. The molecule has 0 spiro atoms. The highest BCUT2D eigenvalue weighted by Crippen LogP contribution is 2.19. The van der Waals surface area contributed by atoms with Crippen LogP contribution >= 0.6 is 0 Å². The zero-order valence-corrected chi connectivity index (χ0v) is 31.9. The molecule has 1 aromatic carbocycles. The van der Waals surface area contributed by atoms with Crippen molar-refractivity contribution in [2.45, 2.75) is 56.9 Å². The quantitative estimate of drug-likeness (QED) is 0.0717. The number of hydrogen-bond acceptors (Lipinski definition) is 12. The summed E-state index contributed by atoms with van der Waals surface area (Å²) in [6, 6.07) is 4.60. The first kappa shape index (κ1) is 41.8. The third-order valence-corrected chi connectivity index (χ3v) is 11.5. The van der Waals surface area contributed by atoms with Gasteiger partial charge in [0.1, 0.15) is 5.75 Å². The molecule has 4 aliphatic heterocycles. The van der Waals surface area contributed by atoms with Crippen LogP contribution < -0.4 is 58.9 Å². The summed E-state index contributed by atoms with van der Waals surface area (Å²) in [4.78, 5) is 79.0. The molecule has 0 bridgehead atoms. The fraction of sp³-hybridized carbons (Fsp3) is 0.676. The van der Waals surface area contributed by atoms with Gasteiger partial charge in [-0.3, -0.25) is 28.8 Å². The molecule has 18 heteroatoms. The van der Waals surface area contributed by atoms with Crippen LogP contribution in [0.5, 0.6) is 5.75 Å². The lowest BCUT2D eigenvalue weighted by molar-refractivity contribution is -0.129. The van der Waals surface area contributed by atoms with Crippen LogP contribution in [0.3, 0.4) is 0 Å². The van der Waals surface area contributed by atoms with E-state index in [2.05, 4.69) is 53.2 Å². The van der Waals surface area contributed by atoms with Gasteiger partial charge in [-0.15, -0.1) is 0 Å². The second-order valence-electron chi connectivity index (χ2n) is 15.6. The number of phenols is 1. The Bertz CT molecular complexity index is 1530. The van der Waals surface area contributed by atoms with Crippen LogP contribution in [0, 0.1) is 35.5 Å². The fourth-order valence-electron chi connectivity index (χ4n) is 7.93. The Balaban J connectivity index is 1.16. The Morgan fingerprint density at radius 1 is 0.709 bits per heavy atom. The number of hydrogen-bond donors (Lipinski definition) is 12. The molecule has 6 amide bonds. The van der Waals surface area contributed by atoms with Crippen LogP contribution in [0.1, 0.15) is 25.8 Å². The Morgan fingerprint density at radius 2 is 1.24 bits per heavy atom. The Hall–Kier alpha value is -4.36. The van der Waals surface area contributed by atoms with Gasteiger partial charge in [-0.1, -0.05) is 26.0 Å². The van der Waals surface area contributed by atoms with Crippen molar-refractivity contribution in [3.63, 3.8) is 0 Å². The third kappa shape index (κ3) is 11.1. The highest BCUT2D eigenvalue weighted by atomic mass is 16.3. The van der Waals surface area contributed by atoms with Gasteiger partial charge in [0.15, 0.2) is 0 Å². The Morgan fingerprint density at radius 3 is 1.82 bits per heavy atom. The van der Waals surface area contributed by atoms with Gasteiger partial charge in [0, 0.05) is 77.4 Å². The van der Waals surface area contributed by atoms with Crippen molar-refractivity contribution in [1.29, 1.82) is 0 Å². The molecule has 55 heavy (non-hydrogen) atoms. The Labute approximate surface area is 321 Å². The first-order valence-corrected chi connectivity index (χ1v) is 19.4. The molecular weight excluding hydrogens is 710 g/mol. The number of nitrogens with one attached hydrogen (secondary N) is 10. The molecule has 0 radical (unpaired) electrons. The van der Waals surface area contributed by atoms with E-state index in [9.17, 15) is 33.9 Å². The molecule has 18 nitrogen and oxygen atoms in total. The van der Waals surface area contributed by atoms with Gasteiger partial charge in [0.2, 0.25) is 35.4 Å². The fourth-order valence-corrected chi connectivity index (χ4v) is 7.93. The topological polar surface area (TPSA) is 269 Å². The predicted molar refractivity (Wildman–Crippen MR) is 203 cm³/mol. The minimum absolute atomic E-state index is 0.0172. The molecule has 0 aromatic heterocycles. The number of primary amides is 1. The van der Waals surface area contributed by atoms with Crippen molar-refractivity contribution >= 4 is 35.4 Å². The summed E-state index contributed by atoms with van der Waals surface area (Å²) in [5.41, 5.74) is 6.29. The molecule has 10 atom stereocenters. The molecule has 5 rings (SSSR count). The second kappa shape index (κ2) is 19.5. The molecular formula is C37H59N11O7. The highest BCUT2D eigenvalue weighted by molar-refractivity contribution is 5.87. The van der Waals surface area contributed by atoms with E-state index in [1.54, 1.807) is 24.3 Å². The summed E-state index contributed by atoms with van der Waals surface area (Å²) in [5, 5.41) is 40.6. The molecule has 304 valence electrons. The van der Waals surface area contributed by atoms with Crippen molar-refractivity contribution in [2.75, 3.05) is 66.0 Å². The van der Waals surface area contributed by atoms with Crippen molar-refractivity contribution in [1.82, 2.24) is 53.2 Å². The molecule has 0 aliphatic carbocycles. The maximum Gasteiger partial charge on any atom is 0.226 e. The van der Waals surface area contributed by atoms with E-state index in [4.69, 9.17) is 5.73 Å². The monoisotopic (exact) mass is 769 g/mol. The van der Waals surface area contributed by atoms with Gasteiger partial charge in [-0.2, -0.15) is 0 Å². The van der Waals surface area contributed by atoms with Gasteiger partial charge in [-0.25, -0.2) is 0 Å². The number of phenolic OH excluding ortho intramolecular Hbond substituents is 1. The van der Waals surface area contributed by atoms with Gasteiger partial charge in [0.05, 0.1) is 47.7 Å². The van der Waals surface area contributed by atoms with E-state index in [1.165, 1.54) is 0 Å². The van der Waals surface area contributed by atoms with Crippen molar-refractivity contribution in [2.24, 2.45) is 41.2 Å². The summed E-state index contributed by atoms with van der Waals surface area (Å²) >= 11 is 0. The van der Waals surface area contributed by atoms with Crippen LogP contribution in [0.2, 0.25) is 0 Å². The number of amides is 6. The first-order valence-electron chi connectivity index (χ1n) is 19.4. The van der Waals surface area contributed by atoms with Gasteiger partial charge < -0.3 is 64.0 Å². The second-order valence-corrected chi connectivity index (χ2v) is 15.6. The van der Waals surface area contributed by atoms with E-state index < -0.39 is 53.7 Å². The number of nitrogens with two attached hydrogens (primary N) is 1. The minimum atomic E-state index is -0.650. The smallest absolute Gasteiger partial charge is 0.226 e. The third-order valence-electron chi connectivity index (χ3n) is 11.5. The molecule has 4 aliphatic rings. The SMILES string of the molecule is CN[C@@H]1CNC[C@@H]1C(=O)NC[C@H](Cc1ccc(O)cc1)C(=O)N[C@@H]1CNC[C@@H]1C(=O)N[C@@H]1CNC[C@@H]1C(=O)N[C@H](CC(=O)N[C@@H]1CNC[C@@H]1C(N)=O)C(C)C. The largest absolute Gasteiger partial charge is 0.508 e. The standard InChI is InChI=1S/C37H59N11O7/c1-19(2)27(9-32(50)45-29-16-40-11-23(29)33(38)51)46-36(54)26-14-43-18-31(26)48-37(55)25-13-42-17-30(25)47-34(52)21(8-20-4-6-22(49)7-5-20)10-44-35(53)24-12-41-15-28(24)39-3/h4-7,19,21,23-31,39-43,49H,8-18H2,1-3H3,(H2,38,51)(H,44,53)(H,45,50)(H,46,54)(H,47,52)(H,48,55)/t21-,23-,24-,25-,26-,27+,28+,29+,30+,31+/m0/s1. The summed E-state index contributed by atoms with van der Waals surface area (Å²) < 4.78 is 0. The summed E-state index contributed by atoms with van der Waals surface area (Å²) in [7, 11) is 1.81. The van der Waals surface area contributed by atoms with Crippen molar-refractivity contribution in [3.8, 4) is 5.75 Å². The lowest BCUT2D eigenvalue weighted by Crippen LogP contribution is -2.54. The molecule has 0 saturated carbocycles. The number of rotatable bonds is 17. The van der Waals surface area contributed by atoms with Crippen molar-refractivity contribution in [3.05, 3.63) is 29.8 Å². The van der Waals surface area contributed by atoms with Crippen LogP contribution in [-0.2, 0) is 35.2 Å². The molecule has 4 saturated heterocycles. The zero-order valence-electron chi connectivity index (χ0n) is 31.9. The summed E-state index contributed by atoms with van der Waals surface area (Å²) in [6.45, 7) is 7.33. The number of carbonyl (C=O) groups excluding carboxylic acids is 6. The molecule has 4 fully saturated rings. The van der Waals surface area contributed by atoms with Gasteiger partial charge >= 0.3 is 0 Å². The summed E-state index contributed by atoms with van der Waals surface area (Å²) in [5.74, 6) is -4.44. The number of likely N-dealkylation sites (N-methyl/N-ethyl adjacent to an activating group) is 1. The van der Waals surface area contributed by atoms with Gasteiger partial charge in [0.25, 0.3) is 0 Å². The van der Waals surface area contributed by atoms with Gasteiger partial charge in [-0.05, 0) is 37.1 Å². The molecule has 0 unspecified atom stereocenters. The maximum atomic E-state index is 13.8. The predicted octanol–water partition coefficient (Wildman–Crippen LogP) is -4.40. The molecule has 13 N–H and O–H groups in total. The molecule has 1 aromatic rings. The molecule has 4 heterocycles. The minimum Gasteiger partial charge on any atom is -0.508 e. The lowest BCUT2D eigenvalue weighted by atomic mass is 9.94. The highest BCUT2D eigenvalue weighted by Gasteiger charge is 2.41.